The van der Waals surface area contributed by atoms with E-state index < -0.39 is 4.92 Å². The number of quaternary nitrogens is 1. The van der Waals surface area contributed by atoms with Crippen LogP contribution in [0.5, 0.6) is 11.5 Å². The summed E-state index contributed by atoms with van der Waals surface area (Å²) in [6.07, 6.45) is 1.33. The number of hydrogen-bond acceptors (Lipinski definition) is 4. The minimum atomic E-state index is -0.587. The van der Waals surface area contributed by atoms with Gasteiger partial charge in [-0.25, -0.2) is 0 Å². The van der Waals surface area contributed by atoms with E-state index in [2.05, 4.69) is 0 Å². The fraction of sp³-hybridized carbons (Fsp3) is 0.0667. The molecule has 0 saturated heterocycles. The topological polar surface area (TPSA) is 100 Å². The van der Waals surface area contributed by atoms with Crippen LogP contribution < -0.4 is 5.32 Å². The molecular weight excluding hydrogens is 272 g/mol. The van der Waals surface area contributed by atoms with Crippen LogP contribution in [-0.4, -0.2) is 15.1 Å². The van der Waals surface area contributed by atoms with Gasteiger partial charge in [0.1, 0.15) is 23.6 Å². The van der Waals surface area contributed by atoms with E-state index in [1.54, 1.807) is 5.32 Å². The molecule has 2 aromatic rings. The smallest absolute Gasteiger partial charge is 0.332 e. The van der Waals surface area contributed by atoms with E-state index in [1.807, 2.05) is 30.3 Å². The molecule has 2 aromatic carbocycles. The number of rotatable bonds is 5. The number of nitro groups is 1. The monoisotopic (exact) mass is 287 g/mol. The fourth-order valence-electron chi connectivity index (χ4n) is 1.90. The number of phenols is 2. The lowest BCUT2D eigenvalue weighted by Gasteiger charge is -2.02. The van der Waals surface area contributed by atoms with Crippen LogP contribution in [0.1, 0.15) is 11.1 Å². The van der Waals surface area contributed by atoms with Gasteiger partial charge >= 0.3 is 5.70 Å². The van der Waals surface area contributed by atoms with Crippen molar-refractivity contribution in [1.29, 1.82) is 0 Å². The van der Waals surface area contributed by atoms with Crippen molar-refractivity contribution in [2.24, 2.45) is 0 Å². The van der Waals surface area contributed by atoms with Crippen LogP contribution in [0, 0.1) is 10.1 Å². The van der Waals surface area contributed by atoms with Crippen molar-refractivity contribution in [1.82, 2.24) is 0 Å². The molecule has 2 rings (SSSR count). The lowest BCUT2D eigenvalue weighted by atomic mass is 10.1. The molecule has 4 N–H and O–H groups in total. The molecule has 6 heteroatoms. The molecular formula is C15H15N2O4+. The van der Waals surface area contributed by atoms with E-state index in [9.17, 15) is 20.3 Å². The molecule has 0 saturated carbocycles. The molecule has 0 aromatic heterocycles. The SMILES string of the molecule is O=[N+]([O-])/C(=C\[NH2+]Cc1ccccc1)c1cc(O)ccc1O. The van der Waals surface area contributed by atoms with Crippen molar-refractivity contribution in [3.05, 3.63) is 76.0 Å². The third-order valence-corrected chi connectivity index (χ3v) is 2.92. The third-order valence-electron chi connectivity index (χ3n) is 2.92. The van der Waals surface area contributed by atoms with Gasteiger partial charge in [0.25, 0.3) is 0 Å². The first-order valence-electron chi connectivity index (χ1n) is 6.32. The molecule has 0 amide bonds. The summed E-state index contributed by atoms with van der Waals surface area (Å²) in [7, 11) is 0. The molecule has 0 unspecified atom stereocenters. The average Bonchev–Trinajstić information content (AvgIpc) is 2.47. The van der Waals surface area contributed by atoms with Crippen molar-refractivity contribution in [2.45, 2.75) is 6.54 Å². The molecule has 0 heterocycles. The first kappa shape index (κ1) is 14.5. The van der Waals surface area contributed by atoms with E-state index in [-0.39, 0.29) is 22.8 Å². The summed E-state index contributed by atoms with van der Waals surface area (Å²) in [6.45, 7) is 0.539. The minimum absolute atomic E-state index is 0.00990. The normalized spacial score (nSPS) is 11.3. The Labute approximate surface area is 121 Å². The van der Waals surface area contributed by atoms with Gasteiger partial charge in [0.05, 0.1) is 4.92 Å². The zero-order valence-electron chi connectivity index (χ0n) is 11.1. The summed E-state index contributed by atoms with van der Waals surface area (Å²) < 4.78 is 0. The highest BCUT2D eigenvalue weighted by molar-refractivity contribution is 5.64. The van der Waals surface area contributed by atoms with Crippen molar-refractivity contribution in [3.63, 3.8) is 0 Å². The number of phenolic OH excluding ortho intramolecular Hbond substituents is 2. The summed E-state index contributed by atoms with van der Waals surface area (Å²) in [5.74, 6) is -0.387. The Bertz CT molecular complexity index is 669. The molecule has 6 nitrogen and oxygen atoms in total. The average molecular weight is 287 g/mol. The summed E-state index contributed by atoms with van der Waals surface area (Å²) >= 11 is 0. The van der Waals surface area contributed by atoms with Crippen LogP contribution in [-0.2, 0) is 6.54 Å². The van der Waals surface area contributed by atoms with Crippen molar-refractivity contribution in [2.75, 3.05) is 0 Å². The summed E-state index contributed by atoms with van der Waals surface area (Å²) in [4.78, 5) is 10.5. The van der Waals surface area contributed by atoms with Gasteiger partial charge in [0.15, 0.2) is 6.20 Å². The second kappa shape index (κ2) is 6.53. The molecule has 0 atom stereocenters. The Morgan fingerprint density at radius 3 is 2.57 bits per heavy atom. The molecule has 0 bridgehead atoms. The molecule has 0 radical (unpaired) electrons. The van der Waals surface area contributed by atoms with Gasteiger partial charge in [-0.15, -0.1) is 0 Å². The zero-order chi connectivity index (χ0) is 15.2. The van der Waals surface area contributed by atoms with Gasteiger partial charge in [0, 0.05) is 5.56 Å². The molecule has 21 heavy (non-hydrogen) atoms. The largest absolute Gasteiger partial charge is 0.508 e. The predicted octanol–water partition coefficient (Wildman–Crippen LogP) is 1.44. The maximum Gasteiger partial charge on any atom is 0.332 e. The fourth-order valence-corrected chi connectivity index (χ4v) is 1.90. The maximum atomic E-state index is 11.1. The van der Waals surface area contributed by atoms with Gasteiger partial charge in [-0.3, -0.25) is 10.1 Å². The van der Waals surface area contributed by atoms with E-state index in [4.69, 9.17) is 0 Å². The number of hydrogen-bond donors (Lipinski definition) is 3. The quantitative estimate of drug-likeness (QED) is 0.440. The Balaban J connectivity index is 2.21. The highest BCUT2D eigenvalue weighted by atomic mass is 16.6. The second-order valence-electron chi connectivity index (χ2n) is 4.44. The molecule has 0 aliphatic carbocycles. The molecule has 108 valence electrons. The van der Waals surface area contributed by atoms with Gasteiger partial charge in [-0.1, -0.05) is 30.3 Å². The summed E-state index contributed by atoms with van der Waals surface area (Å²) in [5, 5.41) is 31.9. The Hall–Kier alpha value is -2.86. The van der Waals surface area contributed by atoms with Crippen LogP contribution in [0.15, 0.2) is 54.7 Å². The van der Waals surface area contributed by atoms with Crippen LogP contribution in [0.3, 0.4) is 0 Å². The highest BCUT2D eigenvalue weighted by Crippen LogP contribution is 2.28. The van der Waals surface area contributed by atoms with Crippen LogP contribution >= 0.6 is 0 Å². The van der Waals surface area contributed by atoms with Crippen molar-refractivity contribution >= 4 is 5.70 Å². The van der Waals surface area contributed by atoms with Crippen molar-refractivity contribution in [3.8, 4) is 11.5 Å². The van der Waals surface area contributed by atoms with Gasteiger partial charge in [-0.2, -0.15) is 0 Å². The molecule has 0 aliphatic heterocycles. The summed E-state index contributed by atoms with van der Waals surface area (Å²) in [5.41, 5.74) is 0.750. The zero-order valence-corrected chi connectivity index (χ0v) is 11.1. The molecule has 0 fully saturated rings. The summed E-state index contributed by atoms with van der Waals surface area (Å²) in [6, 6.07) is 13.2. The van der Waals surface area contributed by atoms with Gasteiger partial charge < -0.3 is 15.5 Å². The van der Waals surface area contributed by atoms with Crippen LogP contribution in [0.4, 0.5) is 0 Å². The van der Waals surface area contributed by atoms with Crippen LogP contribution in [0.25, 0.3) is 5.70 Å². The molecule has 0 spiro atoms. The van der Waals surface area contributed by atoms with Crippen LogP contribution in [0.2, 0.25) is 0 Å². The Morgan fingerprint density at radius 1 is 1.19 bits per heavy atom. The number of nitrogens with two attached hydrogens (primary N) is 1. The second-order valence-corrected chi connectivity index (χ2v) is 4.44. The predicted molar refractivity (Wildman–Crippen MR) is 76.8 cm³/mol. The third kappa shape index (κ3) is 3.80. The Morgan fingerprint density at radius 2 is 1.90 bits per heavy atom. The maximum absolute atomic E-state index is 11.1. The highest BCUT2D eigenvalue weighted by Gasteiger charge is 2.21. The first-order valence-corrected chi connectivity index (χ1v) is 6.32. The van der Waals surface area contributed by atoms with Crippen molar-refractivity contribution < 1.29 is 20.5 Å². The first-order chi connectivity index (χ1) is 10.1. The van der Waals surface area contributed by atoms with E-state index in [1.165, 1.54) is 24.4 Å². The lowest BCUT2D eigenvalue weighted by molar-refractivity contribution is -0.608. The van der Waals surface area contributed by atoms with E-state index in [0.717, 1.165) is 5.56 Å². The molecule has 0 aliphatic rings. The van der Waals surface area contributed by atoms with E-state index in [0.29, 0.717) is 6.54 Å². The van der Waals surface area contributed by atoms with Gasteiger partial charge in [-0.05, 0) is 18.2 Å². The van der Waals surface area contributed by atoms with Gasteiger partial charge in [0.2, 0.25) is 0 Å². The number of aromatic hydroxyl groups is 2. The Kier molecular flexibility index (Phi) is 4.53. The minimum Gasteiger partial charge on any atom is -0.508 e. The number of benzene rings is 2. The standard InChI is InChI=1S/C15H14N2O4/c18-12-6-7-15(19)13(8-12)14(17(20)21)10-16-9-11-4-2-1-3-5-11/h1-8,10,16,18-19H,9H2/p+1/b14-10-. The number of nitrogens with zero attached hydrogens (tertiary/aromatic N) is 1. The lowest BCUT2D eigenvalue weighted by Crippen LogP contribution is -2.76. The van der Waals surface area contributed by atoms with E-state index >= 15 is 0 Å².